The highest BCUT2D eigenvalue weighted by Crippen LogP contribution is 2.20. The van der Waals surface area contributed by atoms with E-state index in [2.05, 4.69) is 53.2 Å². The number of hydrogen-bond acceptors (Lipinski definition) is 4. The maximum absolute atomic E-state index is 5.74. The van der Waals surface area contributed by atoms with Crippen molar-refractivity contribution in [1.82, 2.24) is 4.90 Å². The van der Waals surface area contributed by atoms with E-state index >= 15 is 0 Å². The summed E-state index contributed by atoms with van der Waals surface area (Å²) in [6.07, 6.45) is 1.69. The largest absolute Gasteiger partial charge is 0.497 e. The molecule has 0 aliphatic heterocycles. The molecule has 3 aromatic rings. The first-order valence-corrected chi connectivity index (χ1v) is 10.6. The molecular weight excluding hydrogens is 394 g/mol. The summed E-state index contributed by atoms with van der Waals surface area (Å²) in [5, 5.41) is 3.96. The molecule has 30 heavy (non-hydrogen) atoms. The Morgan fingerprint density at radius 2 is 1.77 bits per heavy atom. The van der Waals surface area contributed by atoms with Crippen LogP contribution in [0.2, 0.25) is 0 Å². The fourth-order valence-electron chi connectivity index (χ4n) is 3.31. The van der Waals surface area contributed by atoms with Gasteiger partial charge in [0.25, 0.3) is 0 Å². The third kappa shape index (κ3) is 5.76. The fraction of sp³-hybridized carbons (Fsp3) is 0.292. The van der Waals surface area contributed by atoms with Crippen LogP contribution in [0.3, 0.4) is 0 Å². The van der Waals surface area contributed by atoms with Crippen molar-refractivity contribution in [3.8, 4) is 5.75 Å². The van der Waals surface area contributed by atoms with Crippen molar-refractivity contribution >= 4 is 28.7 Å². The number of hydrogen-bond donors (Lipinski definition) is 1. The molecule has 3 rings (SSSR count). The van der Waals surface area contributed by atoms with Gasteiger partial charge in [0, 0.05) is 37.1 Å². The van der Waals surface area contributed by atoms with Gasteiger partial charge >= 0.3 is 0 Å². The summed E-state index contributed by atoms with van der Waals surface area (Å²) in [7, 11) is 1.66. The maximum atomic E-state index is 5.74. The Morgan fingerprint density at radius 3 is 2.40 bits per heavy atom. The molecule has 0 atom stereocenters. The Labute approximate surface area is 184 Å². The maximum Gasteiger partial charge on any atom is 0.174 e. The van der Waals surface area contributed by atoms with Gasteiger partial charge in [-0.15, -0.1) is 0 Å². The molecule has 0 saturated carbocycles. The quantitative estimate of drug-likeness (QED) is 0.456. The van der Waals surface area contributed by atoms with E-state index in [1.54, 1.807) is 13.4 Å². The van der Waals surface area contributed by atoms with E-state index in [-0.39, 0.29) is 0 Å². The van der Waals surface area contributed by atoms with Crippen molar-refractivity contribution in [3.63, 3.8) is 0 Å². The molecule has 1 aromatic heterocycles. The van der Waals surface area contributed by atoms with Crippen LogP contribution < -0.4 is 15.0 Å². The summed E-state index contributed by atoms with van der Waals surface area (Å²) in [6.45, 7) is 7.59. The lowest BCUT2D eigenvalue weighted by Gasteiger charge is -2.26. The minimum Gasteiger partial charge on any atom is -0.497 e. The van der Waals surface area contributed by atoms with Crippen LogP contribution in [-0.2, 0) is 13.1 Å². The van der Waals surface area contributed by atoms with Crippen molar-refractivity contribution in [1.29, 1.82) is 0 Å². The Morgan fingerprint density at radius 1 is 1.00 bits per heavy atom. The summed E-state index contributed by atoms with van der Waals surface area (Å²) >= 11 is 5.74. The highest BCUT2D eigenvalue weighted by atomic mass is 32.1. The summed E-state index contributed by atoms with van der Waals surface area (Å²) in [6, 6.07) is 20.3. The van der Waals surface area contributed by atoms with E-state index in [0.717, 1.165) is 30.3 Å². The first kappa shape index (κ1) is 21.7. The van der Waals surface area contributed by atoms with Crippen LogP contribution in [-0.4, -0.2) is 30.2 Å². The predicted octanol–water partition coefficient (Wildman–Crippen LogP) is 5.53. The number of nitrogens with zero attached hydrogens (tertiary/aromatic N) is 2. The van der Waals surface area contributed by atoms with Crippen LogP contribution >= 0.6 is 12.2 Å². The molecule has 0 aliphatic rings. The molecule has 6 heteroatoms. The molecule has 1 N–H and O–H groups in total. The second kappa shape index (κ2) is 10.7. The summed E-state index contributed by atoms with van der Waals surface area (Å²) < 4.78 is 10.9. The average molecular weight is 424 g/mol. The molecule has 0 saturated heterocycles. The smallest absolute Gasteiger partial charge is 0.174 e. The fourth-order valence-corrected chi connectivity index (χ4v) is 3.56. The minimum absolute atomic E-state index is 0.584. The van der Waals surface area contributed by atoms with E-state index in [1.807, 2.05) is 36.4 Å². The van der Waals surface area contributed by atoms with Gasteiger partial charge in [0.1, 0.15) is 11.5 Å². The molecule has 0 unspecified atom stereocenters. The standard InChI is InChI=1S/C24H29N3O2S/c1-4-26(5-2)21-13-11-19(12-14-21)17-27(18-23-10-7-15-29-23)24(30)25-20-8-6-9-22(16-20)28-3/h6-16H,4-5,17-18H2,1-3H3,(H,25,30). The van der Waals surface area contributed by atoms with Crippen molar-refractivity contribution in [2.24, 2.45) is 0 Å². The number of rotatable bonds is 9. The van der Waals surface area contributed by atoms with Crippen LogP contribution in [0.4, 0.5) is 11.4 Å². The van der Waals surface area contributed by atoms with Gasteiger partial charge in [-0.1, -0.05) is 18.2 Å². The number of ether oxygens (including phenoxy) is 1. The normalized spacial score (nSPS) is 10.5. The van der Waals surface area contributed by atoms with Crippen molar-refractivity contribution in [3.05, 3.63) is 78.3 Å². The third-order valence-electron chi connectivity index (χ3n) is 4.97. The number of furan rings is 1. The molecule has 1 heterocycles. The topological polar surface area (TPSA) is 40.9 Å². The number of methoxy groups -OCH3 is 1. The Balaban J connectivity index is 1.75. The van der Waals surface area contributed by atoms with Crippen molar-refractivity contribution in [2.75, 3.05) is 30.4 Å². The van der Waals surface area contributed by atoms with E-state index in [9.17, 15) is 0 Å². The van der Waals surface area contributed by atoms with E-state index in [4.69, 9.17) is 21.4 Å². The van der Waals surface area contributed by atoms with Gasteiger partial charge in [-0.25, -0.2) is 0 Å². The second-order valence-corrected chi connectivity index (χ2v) is 7.32. The zero-order valence-electron chi connectivity index (χ0n) is 17.8. The summed E-state index contributed by atoms with van der Waals surface area (Å²) in [4.78, 5) is 4.43. The van der Waals surface area contributed by atoms with Gasteiger partial charge in [0.05, 0.1) is 19.9 Å². The van der Waals surface area contributed by atoms with Crippen molar-refractivity contribution in [2.45, 2.75) is 26.9 Å². The Hall–Kier alpha value is -2.99. The Bertz CT molecular complexity index is 922. The summed E-state index contributed by atoms with van der Waals surface area (Å²) in [5.74, 6) is 1.65. The predicted molar refractivity (Wildman–Crippen MR) is 127 cm³/mol. The van der Waals surface area contributed by atoms with Crippen molar-refractivity contribution < 1.29 is 9.15 Å². The van der Waals surface area contributed by atoms with Gasteiger partial charge in [-0.3, -0.25) is 0 Å². The molecule has 0 fully saturated rings. The number of thiocarbonyl (C=S) groups is 1. The number of benzene rings is 2. The molecule has 5 nitrogen and oxygen atoms in total. The van der Waals surface area contributed by atoms with Crippen LogP contribution in [0, 0.1) is 0 Å². The van der Waals surface area contributed by atoms with Gasteiger partial charge in [-0.2, -0.15) is 0 Å². The molecule has 0 radical (unpaired) electrons. The lowest BCUT2D eigenvalue weighted by atomic mass is 10.1. The number of anilines is 2. The highest BCUT2D eigenvalue weighted by molar-refractivity contribution is 7.80. The molecule has 0 spiro atoms. The first-order chi connectivity index (χ1) is 14.6. The van der Waals surface area contributed by atoms with E-state index in [0.29, 0.717) is 18.2 Å². The molecule has 2 aromatic carbocycles. The van der Waals surface area contributed by atoms with Crippen LogP contribution in [0.1, 0.15) is 25.2 Å². The summed E-state index contributed by atoms with van der Waals surface area (Å²) in [5.41, 5.74) is 3.31. The zero-order chi connectivity index (χ0) is 21.3. The van der Waals surface area contributed by atoms with E-state index in [1.165, 1.54) is 11.3 Å². The molecule has 0 bridgehead atoms. The molecule has 158 valence electrons. The lowest BCUT2D eigenvalue weighted by Crippen LogP contribution is -2.33. The second-order valence-electron chi connectivity index (χ2n) is 6.94. The van der Waals surface area contributed by atoms with Gasteiger partial charge in [0.2, 0.25) is 0 Å². The van der Waals surface area contributed by atoms with Gasteiger partial charge < -0.3 is 24.3 Å². The van der Waals surface area contributed by atoms with Crippen LogP contribution in [0.15, 0.2) is 71.3 Å². The third-order valence-corrected chi connectivity index (χ3v) is 5.33. The highest BCUT2D eigenvalue weighted by Gasteiger charge is 2.14. The van der Waals surface area contributed by atoms with Crippen LogP contribution in [0.25, 0.3) is 0 Å². The van der Waals surface area contributed by atoms with Gasteiger partial charge in [-0.05, 0) is 68.0 Å². The van der Waals surface area contributed by atoms with Gasteiger partial charge in [0.15, 0.2) is 5.11 Å². The first-order valence-electron chi connectivity index (χ1n) is 10.2. The van der Waals surface area contributed by atoms with E-state index < -0.39 is 0 Å². The lowest BCUT2D eigenvalue weighted by molar-refractivity contribution is 0.360. The zero-order valence-corrected chi connectivity index (χ0v) is 18.6. The van der Waals surface area contributed by atoms with Crippen LogP contribution in [0.5, 0.6) is 5.75 Å². The SMILES string of the molecule is CCN(CC)c1ccc(CN(Cc2ccco2)C(=S)Nc2cccc(OC)c2)cc1. The average Bonchev–Trinajstić information content (AvgIpc) is 3.28. The molecule has 0 aliphatic carbocycles. The molecule has 0 amide bonds. The molecular formula is C24H29N3O2S. The number of nitrogens with one attached hydrogen (secondary N) is 1. The monoisotopic (exact) mass is 423 g/mol. The Kier molecular flexibility index (Phi) is 7.74. The minimum atomic E-state index is 0.584.